The molecule has 0 saturated heterocycles. The summed E-state index contributed by atoms with van der Waals surface area (Å²) in [5.74, 6) is -0.168. The molecule has 0 aliphatic carbocycles. The highest BCUT2D eigenvalue weighted by atomic mass is 16.5. The molecule has 1 aromatic carbocycles. The summed E-state index contributed by atoms with van der Waals surface area (Å²) in [5.41, 5.74) is 1.95. The van der Waals surface area contributed by atoms with Gasteiger partial charge < -0.3 is 39.6 Å². The van der Waals surface area contributed by atoms with Crippen molar-refractivity contribution in [3.63, 3.8) is 0 Å². The maximum Gasteiger partial charge on any atom is 0.304 e. The van der Waals surface area contributed by atoms with Gasteiger partial charge in [0.25, 0.3) is 0 Å². The van der Waals surface area contributed by atoms with Gasteiger partial charge in [0.2, 0.25) is 5.91 Å². The number of carbonyl (C=O) groups is 2. The second-order valence-corrected chi connectivity index (χ2v) is 9.31. The van der Waals surface area contributed by atoms with E-state index in [-0.39, 0.29) is 12.3 Å². The summed E-state index contributed by atoms with van der Waals surface area (Å²) in [5, 5.41) is 15.8. The number of ether oxygens (including phenoxy) is 4. The van der Waals surface area contributed by atoms with E-state index in [0.717, 1.165) is 61.9 Å². The highest BCUT2D eigenvalue weighted by Crippen LogP contribution is 2.28. The molecule has 3 rings (SSSR count). The molecule has 1 aromatic rings. The van der Waals surface area contributed by atoms with Gasteiger partial charge in [0, 0.05) is 32.8 Å². The van der Waals surface area contributed by atoms with Gasteiger partial charge in [0.05, 0.1) is 58.5 Å². The van der Waals surface area contributed by atoms with E-state index in [2.05, 4.69) is 22.5 Å². The van der Waals surface area contributed by atoms with Gasteiger partial charge in [-0.05, 0) is 42.5 Å². The summed E-state index contributed by atoms with van der Waals surface area (Å²) in [4.78, 5) is 30.6. The number of nitrogens with one attached hydrogen (secondary N) is 2. The van der Waals surface area contributed by atoms with Gasteiger partial charge in [-0.25, -0.2) is 0 Å². The lowest BCUT2D eigenvalue weighted by molar-refractivity contribution is -0.145. The zero-order valence-electron chi connectivity index (χ0n) is 22.4. The standard InChI is InChI=1S/C27H42N4O7/c1-2-10-35-13-15-37-16-14-36-12-9-31-20-23-18-24(38-11-3-6-28-27-29-7-8-30-27)5-4-21(23)17-22(26(31)34)19-25(32)33/h4-5,18,22H,2-3,6-17,19-20H2,1H3,(H,32,33)(H2,28,29,30)/t22-/m0/s1. The summed E-state index contributed by atoms with van der Waals surface area (Å²) < 4.78 is 22.5. The second kappa shape index (κ2) is 16.8. The third kappa shape index (κ3) is 10.5. The van der Waals surface area contributed by atoms with E-state index in [1.165, 1.54) is 0 Å². The summed E-state index contributed by atoms with van der Waals surface area (Å²) in [6, 6.07) is 5.80. The van der Waals surface area contributed by atoms with Gasteiger partial charge in [0.1, 0.15) is 5.75 Å². The summed E-state index contributed by atoms with van der Waals surface area (Å²) in [7, 11) is 0. The minimum Gasteiger partial charge on any atom is -0.494 e. The fourth-order valence-electron chi connectivity index (χ4n) is 4.34. The number of carbonyl (C=O) groups excluding carboxylic acids is 1. The Morgan fingerprint density at radius 3 is 2.58 bits per heavy atom. The monoisotopic (exact) mass is 534 g/mol. The van der Waals surface area contributed by atoms with Crippen LogP contribution < -0.4 is 15.4 Å². The first kappa shape index (κ1) is 29.7. The normalized spacial score (nSPS) is 17.0. The molecule has 11 heteroatoms. The largest absolute Gasteiger partial charge is 0.494 e. The Labute approximate surface area is 224 Å². The first-order valence-electron chi connectivity index (χ1n) is 13.6. The molecule has 38 heavy (non-hydrogen) atoms. The van der Waals surface area contributed by atoms with Gasteiger partial charge >= 0.3 is 5.97 Å². The molecule has 11 nitrogen and oxygen atoms in total. The van der Waals surface area contributed by atoms with Crippen molar-refractivity contribution in [2.45, 2.75) is 39.2 Å². The summed E-state index contributed by atoms with van der Waals surface area (Å²) >= 11 is 0. The molecule has 0 saturated carbocycles. The van der Waals surface area contributed by atoms with Crippen molar-refractivity contribution in [1.29, 1.82) is 0 Å². The molecule has 0 aromatic heterocycles. The number of aliphatic carboxylic acids is 1. The van der Waals surface area contributed by atoms with Crippen molar-refractivity contribution in [2.75, 3.05) is 72.4 Å². The van der Waals surface area contributed by atoms with E-state index in [9.17, 15) is 14.7 Å². The first-order valence-corrected chi connectivity index (χ1v) is 13.6. The number of hydrogen-bond acceptors (Lipinski definition) is 9. The Bertz CT molecular complexity index is 911. The van der Waals surface area contributed by atoms with Gasteiger partial charge in [0.15, 0.2) is 5.96 Å². The molecule has 2 aliphatic heterocycles. The number of carboxylic acid groups (broad SMARTS) is 1. The maximum absolute atomic E-state index is 13.2. The summed E-state index contributed by atoms with van der Waals surface area (Å²) in [6.07, 6.45) is 1.99. The minimum absolute atomic E-state index is 0.159. The maximum atomic E-state index is 13.2. The average molecular weight is 535 g/mol. The highest BCUT2D eigenvalue weighted by molar-refractivity contribution is 5.84. The van der Waals surface area contributed by atoms with Crippen LogP contribution in [0.2, 0.25) is 0 Å². The molecule has 3 N–H and O–H groups in total. The molecular weight excluding hydrogens is 492 g/mol. The fourth-order valence-corrected chi connectivity index (χ4v) is 4.34. The number of benzene rings is 1. The van der Waals surface area contributed by atoms with Crippen LogP contribution in [0.3, 0.4) is 0 Å². The predicted molar refractivity (Wildman–Crippen MR) is 142 cm³/mol. The molecule has 0 unspecified atom stereocenters. The van der Waals surface area contributed by atoms with Crippen molar-refractivity contribution in [2.24, 2.45) is 10.9 Å². The smallest absolute Gasteiger partial charge is 0.304 e. The van der Waals surface area contributed by atoms with Crippen LogP contribution in [0.25, 0.3) is 0 Å². The number of amides is 1. The highest BCUT2D eigenvalue weighted by Gasteiger charge is 2.31. The number of nitrogens with zero attached hydrogens (tertiary/aromatic N) is 2. The van der Waals surface area contributed by atoms with Crippen LogP contribution in [0.5, 0.6) is 5.75 Å². The molecule has 0 bridgehead atoms. The van der Waals surface area contributed by atoms with E-state index < -0.39 is 11.9 Å². The van der Waals surface area contributed by atoms with Gasteiger partial charge in [-0.1, -0.05) is 13.0 Å². The van der Waals surface area contributed by atoms with Crippen LogP contribution in [0, 0.1) is 5.92 Å². The van der Waals surface area contributed by atoms with Crippen molar-refractivity contribution in [1.82, 2.24) is 15.5 Å². The Morgan fingerprint density at radius 2 is 1.87 bits per heavy atom. The van der Waals surface area contributed by atoms with Crippen molar-refractivity contribution in [3.8, 4) is 5.75 Å². The zero-order chi connectivity index (χ0) is 27.0. The molecule has 0 fully saturated rings. The Hall–Kier alpha value is -2.89. The quantitative estimate of drug-likeness (QED) is 0.240. The molecule has 1 atom stereocenters. The molecule has 2 aliphatic rings. The average Bonchev–Trinajstić information content (AvgIpc) is 3.38. The van der Waals surface area contributed by atoms with Crippen molar-refractivity contribution < 1.29 is 33.6 Å². The van der Waals surface area contributed by atoms with E-state index in [4.69, 9.17) is 18.9 Å². The zero-order valence-corrected chi connectivity index (χ0v) is 22.4. The number of rotatable bonds is 18. The van der Waals surface area contributed by atoms with Gasteiger partial charge in [-0.3, -0.25) is 14.6 Å². The van der Waals surface area contributed by atoms with Crippen LogP contribution >= 0.6 is 0 Å². The third-order valence-corrected chi connectivity index (χ3v) is 6.24. The van der Waals surface area contributed by atoms with Crippen LogP contribution in [0.15, 0.2) is 23.2 Å². The lowest BCUT2D eigenvalue weighted by atomic mass is 9.94. The number of carboxylic acids is 1. The fraction of sp³-hybridized carbons (Fsp3) is 0.667. The molecular formula is C27H42N4O7. The van der Waals surface area contributed by atoms with Crippen LogP contribution in [-0.2, 0) is 36.8 Å². The van der Waals surface area contributed by atoms with E-state index in [1.54, 1.807) is 4.90 Å². The van der Waals surface area contributed by atoms with Crippen molar-refractivity contribution >= 4 is 17.8 Å². The van der Waals surface area contributed by atoms with E-state index in [0.29, 0.717) is 59.2 Å². The Kier molecular flexibility index (Phi) is 13.2. The SMILES string of the molecule is CCCOCCOCCOCCN1Cc2cc(OCCCNC3=NCCN3)ccc2C[C@@H](CC(=O)O)C1=O. The van der Waals surface area contributed by atoms with Crippen molar-refractivity contribution in [3.05, 3.63) is 29.3 Å². The molecule has 212 valence electrons. The Balaban J connectivity index is 1.47. The number of hydrogen-bond donors (Lipinski definition) is 3. The lowest BCUT2D eigenvalue weighted by Crippen LogP contribution is -2.37. The second-order valence-electron chi connectivity index (χ2n) is 9.31. The molecule has 2 heterocycles. The minimum atomic E-state index is -0.976. The number of fused-ring (bicyclic) bond motifs is 1. The predicted octanol–water partition coefficient (Wildman–Crippen LogP) is 1.44. The number of guanidine groups is 1. The van der Waals surface area contributed by atoms with Crippen LogP contribution in [0.1, 0.15) is 37.3 Å². The van der Waals surface area contributed by atoms with Crippen LogP contribution in [0.4, 0.5) is 0 Å². The topological polar surface area (TPSA) is 131 Å². The van der Waals surface area contributed by atoms with Crippen LogP contribution in [-0.4, -0.2) is 100 Å². The van der Waals surface area contributed by atoms with Gasteiger partial charge in [-0.15, -0.1) is 0 Å². The lowest BCUT2D eigenvalue weighted by Gasteiger charge is -2.24. The third-order valence-electron chi connectivity index (χ3n) is 6.24. The van der Waals surface area contributed by atoms with E-state index in [1.807, 2.05) is 18.2 Å². The molecule has 1 amide bonds. The first-order chi connectivity index (χ1) is 18.6. The molecule has 0 spiro atoms. The molecule has 0 radical (unpaired) electrons. The number of aliphatic imine (C=N–C) groups is 1. The van der Waals surface area contributed by atoms with E-state index >= 15 is 0 Å². The van der Waals surface area contributed by atoms with Gasteiger partial charge in [-0.2, -0.15) is 0 Å². The summed E-state index contributed by atoms with van der Waals surface area (Å²) in [6.45, 7) is 8.84. The Morgan fingerprint density at radius 1 is 1.11 bits per heavy atom.